The Bertz CT molecular complexity index is 485. The molecular formula is C15H22ClNO2. The summed E-state index contributed by atoms with van der Waals surface area (Å²) in [7, 11) is 0. The van der Waals surface area contributed by atoms with E-state index in [4.69, 9.17) is 16.3 Å². The van der Waals surface area contributed by atoms with Gasteiger partial charge in [0, 0.05) is 23.6 Å². The minimum absolute atomic E-state index is 0.00138. The van der Waals surface area contributed by atoms with Crippen molar-refractivity contribution in [2.75, 3.05) is 6.61 Å². The molecule has 0 N–H and O–H groups in total. The van der Waals surface area contributed by atoms with Crippen molar-refractivity contribution in [2.45, 2.75) is 58.1 Å². The van der Waals surface area contributed by atoms with Gasteiger partial charge >= 0.3 is 0 Å². The van der Waals surface area contributed by atoms with Gasteiger partial charge in [0.15, 0.2) is 5.78 Å². The van der Waals surface area contributed by atoms with Crippen LogP contribution in [0.2, 0.25) is 0 Å². The Balaban J connectivity index is 2.29. The standard InChI is InChI=1S/C15H22ClNO2/c1-10-8-13(14(18)11(2)16)12(3)17(10)9-15(4)6-5-7-19-15/h8,11H,5-7,9H2,1-4H3. The Morgan fingerprint density at radius 1 is 1.58 bits per heavy atom. The van der Waals surface area contributed by atoms with Gasteiger partial charge in [0.2, 0.25) is 0 Å². The number of aryl methyl sites for hydroxylation is 1. The molecule has 2 heterocycles. The van der Waals surface area contributed by atoms with Crippen LogP contribution in [0, 0.1) is 13.8 Å². The number of ether oxygens (including phenoxy) is 1. The highest BCUT2D eigenvalue weighted by Crippen LogP contribution is 2.29. The molecule has 1 saturated heterocycles. The maximum absolute atomic E-state index is 12.1. The van der Waals surface area contributed by atoms with Crippen LogP contribution >= 0.6 is 11.6 Å². The molecular weight excluding hydrogens is 262 g/mol. The van der Waals surface area contributed by atoms with Gasteiger partial charge in [-0.1, -0.05) is 0 Å². The second kappa shape index (κ2) is 5.29. The van der Waals surface area contributed by atoms with Crippen LogP contribution in [0.15, 0.2) is 6.07 Å². The molecule has 1 fully saturated rings. The highest BCUT2D eigenvalue weighted by molar-refractivity contribution is 6.33. The Hall–Kier alpha value is -0.800. The van der Waals surface area contributed by atoms with Gasteiger partial charge in [0.25, 0.3) is 0 Å². The van der Waals surface area contributed by atoms with Gasteiger partial charge in [0.1, 0.15) is 0 Å². The predicted octanol–water partition coefficient (Wildman–Crippen LogP) is 3.48. The van der Waals surface area contributed by atoms with Crippen LogP contribution in [0.25, 0.3) is 0 Å². The normalized spacial score (nSPS) is 24.7. The molecule has 0 bridgehead atoms. The molecule has 4 heteroatoms. The maximum Gasteiger partial charge on any atom is 0.182 e. The number of nitrogens with zero attached hydrogens (tertiary/aromatic N) is 1. The first-order valence-corrected chi connectivity index (χ1v) is 7.27. The van der Waals surface area contributed by atoms with Crippen molar-refractivity contribution in [3.63, 3.8) is 0 Å². The lowest BCUT2D eigenvalue weighted by atomic mass is 10.0. The van der Waals surface area contributed by atoms with E-state index in [1.807, 2.05) is 19.9 Å². The molecule has 1 aromatic rings. The molecule has 2 atom stereocenters. The van der Waals surface area contributed by atoms with Gasteiger partial charge in [-0.05, 0) is 46.6 Å². The Labute approximate surface area is 119 Å². The van der Waals surface area contributed by atoms with E-state index in [9.17, 15) is 4.79 Å². The molecule has 2 rings (SSSR count). The molecule has 1 aliphatic heterocycles. The molecule has 2 unspecified atom stereocenters. The van der Waals surface area contributed by atoms with Crippen molar-refractivity contribution in [2.24, 2.45) is 0 Å². The first-order chi connectivity index (χ1) is 8.84. The smallest absolute Gasteiger partial charge is 0.182 e. The Morgan fingerprint density at radius 2 is 2.26 bits per heavy atom. The number of halogens is 1. The van der Waals surface area contributed by atoms with Crippen LogP contribution in [0.5, 0.6) is 0 Å². The van der Waals surface area contributed by atoms with E-state index in [1.54, 1.807) is 6.92 Å². The number of hydrogen-bond donors (Lipinski definition) is 0. The lowest BCUT2D eigenvalue weighted by molar-refractivity contribution is 0.00549. The van der Waals surface area contributed by atoms with Gasteiger partial charge in [0.05, 0.1) is 17.5 Å². The number of carbonyl (C=O) groups excluding carboxylic acids is 1. The number of carbonyl (C=O) groups is 1. The summed E-state index contributed by atoms with van der Waals surface area (Å²) in [5.74, 6) is -0.00138. The van der Waals surface area contributed by atoms with Crippen molar-refractivity contribution in [1.82, 2.24) is 4.57 Å². The van der Waals surface area contributed by atoms with Crippen LogP contribution in [0.3, 0.4) is 0 Å². The van der Waals surface area contributed by atoms with E-state index in [1.165, 1.54) is 0 Å². The average Bonchev–Trinajstić information content (AvgIpc) is 2.88. The zero-order valence-corrected chi connectivity index (χ0v) is 12.9. The lowest BCUT2D eigenvalue weighted by Crippen LogP contribution is -2.30. The second-order valence-electron chi connectivity index (χ2n) is 5.75. The van der Waals surface area contributed by atoms with Gasteiger partial charge in [-0.15, -0.1) is 11.6 Å². The second-order valence-corrected chi connectivity index (χ2v) is 6.41. The summed E-state index contributed by atoms with van der Waals surface area (Å²) in [4.78, 5) is 12.1. The number of hydrogen-bond acceptors (Lipinski definition) is 2. The van der Waals surface area contributed by atoms with E-state index in [2.05, 4.69) is 11.5 Å². The van der Waals surface area contributed by atoms with E-state index in [0.29, 0.717) is 0 Å². The van der Waals surface area contributed by atoms with Crippen molar-refractivity contribution in [1.29, 1.82) is 0 Å². The monoisotopic (exact) mass is 283 g/mol. The molecule has 19 heavy (non-hydrogen) atoms. The number of alkyl halides is 1. The third-order valence-electron chi connectivity index (χ3n) is 3.99. The van der Waals surface area contributed by atoms with Crippen LogP contribution in [0.1, 0.15) is 48.4 Å². The van der Waals surface area contributed by atoms with Gasteiger partial charge in [-0.25, -0.2) is 0 Å². The third-order valence-corrected chi connectivity index (χ3v) is 4.19. The first kappa shape index (κ1) is 14.6. The van der Waals surface area contributed by atoms with E-state index in [-0.39, 0.29) is 11.4 Å². The number of aromatic nitrogens is 1. The summed E-state index contributed by atoms with van der Waals surface area (Å²) < 4.78 is 8.02. The zero-order chi connectivity index (χ0) is 14.2. The first-order valence-electron chi connectivity index (χ1n) is 6.83. The van der Waals surface area contributed by atoms with Crippen LogP contribution in [0.4, 0.5) is 0 Å². The van der Waals surface area contributed by atoms with Gasteiger partial charge in [-0.3, -0.25) is 4.79 Å². The highest BCUT2D eigenvalue weighted by atomic mass is 35.5. The fraction of sp³-hybridized carbons (Fsp3) is 0.667. The van der Waals surface area contributed by atoms with E-state index in [0.717, 1.165) is 42.9 Å². The van der Waals surface area contributed by atoms with Crippen LogP contribution < -0.4 is 0 Å². The molecule has 0 aromatic carbocycles. The summed E-state index contributed by atoms with van der Waals surface area (Å²) in [5.41, 5.74) is 2.71. The molecule has 106 valence electrons. The topological polar surface area (TPSA) is 31.2 Å². The number of rotatable bonds is 4. The number of ketones is 1. The van der Waals surface area contributed by atoms with Gasteiger partial charge in [-0.2, -0.15) is 0 Å². The van der Waals surface area contributed by atoms with Crippen LogP contribution in [-0.4, -0.2) is 27.9 Å². The number of Topliss-reactive ketones (excluding diaryl/α,β-unsaturated/α-hetero) is 1. The summed E-state index contributed by atoms with van der Waals surface area (Å²) in [6.07, 6.45) is 2.18. The summed E-state index contributed by atoms with van der Waals surface area (Å²) in [6.45, 7) is 9.51. The fourth-order valence-electron chi connectivity index (χ4n) is 2.80. The Kier molecular flexibility index (Phi) is 4.07. The quantitative estimate of drug-likeness (QED) is 0.626. The molecule has 1 aromatic heterocycles. The van der Waals surface area contributed by atoms with E-state index < -0.39 is 5.38 Å². The minimum Gasteiger partial charge on any atom is -0.373 e. The molecule has 0 radical (unpaired) electrons. The SMILES string of the molecule is Cc1cc(C(=O)C(C)Cl)c(C)n1CC1(C)CCCO1. The molecule has 3 nitrogen and oxygen atoms in total. The van der Waals surface area contributed by atoms with Gasteiger partial charge < -0.3 is 9.30 Å². The maximum atomic E-state index is 12.1. The average molecular weight is 284 g/mol. The van der Waals surface area contributed by atoms with Crippen LogP contribution in [-0.2, 0) is 11.3 Å². The van der Waals surface area contributed by atoms with Crippen molar-refractivity contribution >= 4 is 17.4 Å². The van der Waals surface area contributed by atoms with Crippen molar-refractivity contribution in [3.8, 4) is 0 Å². The fourth-order valence-corrected chi connectivity index (χ4v) is 2.92. The molecule has 0 saturated carbocycles. The lowest BCUT2D eigenvalue weighted by Gasteiger charge is -2.25. The molecule has 1 aliphatic rings. The molecule has 0 spiro atoms. The molecule has 0 amide bonds. The van der Waals surface area contributed by atoms with E-state index >= 15 is 0 Å². The van der Waals surface area contributed by atoms with Crippen molar-refractivity contribution < 1.29 is 9.53 Å². The summed E-state index contributed by atoms with van der Waals surface area (Å²) >= 11 is 5.91. The largest absolute Gasteiger partial charge is 0.373 e. The zero-order valence-electron chi connectivity index (χ0n) is 12.1. The Morgan fingerprint density at radius 3 is 2.79 bits per heavy atom. The predicted molar refractivity (Wildman–Crippen MR) is 77.1 cm³/mol. The summed E-state index contributed by atoms with van der Waals surface area (Å²) in [5, 5.41) is -0.479. The van der Waals surface area contributed by atoms with Crippen molar-refractivity contribution in [3.05, 3.63) is 23.0 Å². The molecule has 0 aliphatic carbocycles. The minimum atomic E-state index is -0.479. The summed E-state index contributed by atoms with van der Waals surface area (Å²) in [6, 6.07) is 1.94. The highest BCUT2D eigenvalue weighted by Gasteiger charge is 2.31. The third kappa shape index (κ3) is 2.87.